The van der Waals surface area contributed by atoms with Crippen molar-refractivity contribution in [2.75, 3.05) is 17.7 Å². The van der Waals surface area contributed by atoms with Gasteiger partial charge < -0.3 is 15.7 Å². The van der Waals surface area contributed by atoms with Crippen LogP contribution in [0.1, 0.15) is 16.1 Å². The number of carboxylic acids is 1. The second kappa shape index (κ2) is 5.05. The summed E-state index contributed by atoms with van der Waals surface area (Å²) in [7, 11) is 1.84. The second-order valence-corrected chi connectivity index (χ2v) is 4.68. The number of aromatic nitrogens is 1. The van der Waals surface area contributed by atoms with Crippen molar-refractivity contribution in [3.8, 4) is 0 Å². The molecule has 0 atom stereocenters. The van der Waals surface area contributed by atoms with Gasteiger partial charge in [0.1, 0.15) is 0 Å². The van der Waals surface area contributed by atoms with E-state index in [9.17, 15) is 4.79 Å². The van der Waals surface area contributed by atoms with Gasteiger partial charge in [0.15, 0.2) is 11.5 Å². The van der Waals surface area contributed by atoms with Crippen LogP contribution < -0.4 is 10.6 Å². The van der Waals surface area contributed by atoms with Crippen LogP contribution in [0.5, 0.6) is 0 Å². The van der Waals surface area contributed by atoms with E-state index in [0.29, 0.717) is 18.1 Å². The highest BCUT2D eigenvalue weighted by Gasteiger charge is 2.12. The van der Waals surface area contributed by atoms with Gasteiger partial charge in [-0.1, -0.05) is 0 Å². The summed E-state index contributed by atoms with van der Waals surface area (Å²) in [5.41, 5.74) is 7.43. The number of hydrogen-bond donors (Lipinski definition) is 2. The van der Waals surface area contributed by atoms with Crippen LogP contribution in [0.25, 0.3) is 0 Å². The standard InChI is InChI=1S/C12H13N3O2S/c1-15(6-8-4-5-18-7-8)11-9(13)2-3-10(14-11)12(16)17/h2-5,7H,6,13H2,1H3,(H,16,17). The maximum atomic E-state index is 10.9. The van der Waals surface area contributed by atoms with E-state index in [-0.39, 0.29) is 5.69 Å². The number of carboxylic acid groups (broad SMARTS) is 1. The maximum Gasteiger partial charge on any atom is 0.354 e. The molecular weight excluding hydrogens is 250 g/mol. The Labute approximate surface area is 108 Å². The minimum absolute atomic E-state index is 0.00336. The van der Waals surface area contributed by atoms with E-state index >= 15 is 0 Å². The first kappa shape index (κ1) is 12.4. The Bertz CT molecular complexity index is 554. The van der Waals surface area contributed by atoms with Gasteiger partial charge in [0.05, 0.1) is 5.69 Å². The molecule has 0 radical (unpaired) electrons. The smallest absolute Gasteiger partial charge is 0.354 e. The van der Waals surface area contributed by atoms with Gasteiger partial charge in [0, 0.05) is 13.6 Å². The Morgan fingerprint density at radius 1 is 1.50 bits per heavy atom. The molecule has 18 heavy (non-hydrogen) atoms. The molecule has 0 aliphatic carbocycles. The highest BCUT2D eigenvalue weighted by Crippen LogP contribution is 2.22. The van der Waals surface area contributed by atoms with E-state index in [1.807, 2.05) is 28.8 Å². The van der Waals surface area contributed by atoms with Crippen molar-refractivity contribution in [1.29, 1.82) is 0 Å². The van der Waals surface area contributed by atoms with Crippen molar-refractivity contribution in [2.45, 2.75) is 6.54 Å². The number of nitrogens with zero attached hydrogens (tertiary/aromatic N) is 2. The SMILES string of the molecule is CN(Cc1ccsc1)c1nc(C(=O)O)ccc1N. The number of carbonyl (C=O) groups is 1. The first-order valence-corrected chi connectivity index (χ1v) is 6.24. The number of thiophene rings is 1. The molecule has 5 nitrogen and oxygen atoms in total. The molecule has 0 aliphatic rings. The quantitative estimate of drug-likeness (QED) is 0.882. The summed E-state index contributed by atoms with van der Waals surface area (Å²) in [5, 5.41) is 12.9. The van der Waals surface area contributed by atoms with Crippen molar-refractivity contribution >= 4 is 28.8 Å². The molecule has 0 spiro atoms. The topological polar surface area (TPSA) is 79.5 Å². The predicted molar refractivity (Wildman–Crippen MR) is 72.0 cm³/mol. The number of nitrogen functional groups attached to an aromatic ring is 1. The van der Waals surface area contributed by atoms with Crippen LogP contribution in [0, 0.1) is 0 Å². The molecule has 94 valence electrons. The van der Waals surface area contributed by atoms with Crippen LogP contribution in [0.3, 0.4) is 0 Å². The molecule has 2 aromatic rings. The zero-order valence-corrected chi connectivity index (χ0v) is 10.6. The van der Waals surface area contributed by atoms with Gasteiger partial charge in [0.25, 0.3) is 0 Å². The molecule has 0 bridgehead atoms. The molecule has 2 rings (SSSR count). The zero-order valence-electron chi connectivity index (χ0n) is 9.83. The van der Waals surface area contributed by atoms with Crippen LogP contribution in [-0.4, -0.2) is 23.1 Å². The lowest BCUT2D eigenvalue weighted by atomic mass is 10.2. The molecular formula is C12H13N3O2S. The number of rotatable bonds is 4. The van der Waals surface area contributed by atoms with Gasteiger partial charge in [-0.15, -0.1) is 0 Å². The fourth-order valence-corrected chi connectivity index (χ4v) is 2.28. The van der Waals surface area contributed by atoms with Gasteiger partial charge in [-0.25, -0.2) is 9.78 Å². The minimum atomic E-state index is -1.06. The largest absolute Gasteiger partial charge is 0.477 e. The lowest BCUT2D eigenvalue weighted by Crippen LogP contribution is -2.20. The van der Waals surface area contributed by atoms with Crippen LogP contribution in [0.4, 0.5) is 11.5 Å². The van der Waals surface area contributed by atoms with Gasteiger partial charge >= 0.3 is 5.97 Å². The Morgan fingerprint density at radius 3 is 2.89 bits per heavy atom. The fourth-order valence-electron chi connectivity index (χ4n) is 1.62. The van der Waals surface area contributed by atoms with Crippen molar-refractivity contribution in [1.82, 2.24) is 4.98 Å². The average molecular weight is 263 g/mol. The normalized spacial score (nSPS) is 10.3. The number of pyridine rings is 1. The summed E-state index contributed by atoms with van der Waals surface area (Å²) >= 11 is 1.62. The summed E-state index contributed by atoms with van der Waals surface area (Å²) in [4.78, 5) is 16.8. The van der Waals surface area contributed by atoms with E-state index in [1.54, 1.807) is 17.4 Å². The van der Waals surface area contributed by atoms with Gasteiger partial charge in [-0.05, 0) is 34.5 Å². The number of anilines is 2. The number of nitrogens with two attached hydrogens (primary N) is 1. The molecule has 0 saturated heterocycles. The van der Waals surface area contributed by atoms with Crippen molar-refractivity contribution in [2.24, 2.45) is 0 Å². The van der Waals surface area contributed by atoms with Crippen molar-refractivity contribution in [3.63, 3.8) is 0 Å². The lowest BCUT2D eigenvalue weighted by molar-refractivity contribution is 0.0690. The number of hydrogen-bond acceptors (Lipinski definition) is 5. The first-order valence-electron chi connectivity index (χ1n) is 5.30. The molecule has 0 unspecified atom stereocenters. The highest BCUT2D eigenvalue weighted by molar-refractivity contribution is 7.07. The minimum Gasteiger partial charge on any atom is -0.477 e. The van der Waals surface area contributed by atoms with Gasteiger partial charge in [0.2, 0.25) is 0 Å². The molecule has 0 aromatic carbocycles. The molecule has 0 aliphatic heterocycles. The Morgan fingerprint density at radius 2 is 2.28 bits per heavy atom. The van der Waals surface area contributed by atoms with E-state index in [0.717, 1.165) is 5.56 Å². The van der Waals surface area contributed by atoms with Crippen LogP contribution in [0.2, 0.25) is 0 Å². The predicted octanol–water partition coefficient (Wildman–Crippen LogP) is 2.06. The first-order chi connectivity index (χ1) is 8.58. The molecule has 2 heterocycles. The van der Waals surface area contributed by atoms with Crippen LogP contribution >= 0.6 is 11.3 Å². The summed E-state index contributed by atoms with van der Waals surface area (Å²) in [6.07, 6.45) is 0. The van der Waals surface area contributed by atoms with Crippen molar-refractivity contribution in [3.05, 3.63) is 40.2 Å². The molecule has 0 fully saturated rings. The van der Waals surface area contributed by atoms with Gasteiger partial charge in [-0.3, -0.25) is 0 Å². The summed E-state index contributed by atoms with van der Waals surface area (Å²) in [5.74, 6) is -0.568. The maximum absolute atomic E-state index is 10.9. The molecule has 2 aromatic heterocycles. The van der Waals surface area contributed by atoms with Crippen molar-refractivity contribution < 1.29 is 9.90 Å². The molecule has 3 N–H and O–H groups in total. The molecule has 0 saturated carbocycles. The highest BCUT2D eigenvalue weighted by atomic mass is 32.1. The van der Waals surface area contributed by atoms with Gasteiger partial charge in [-0.2, -0.15) is 11.3 Å². The number of aromatic carboxylic acids is 1. The molecule has 0 amide bonds. The van der Waals surface area contributed by atoms with E-state index in [2.05, 4.69) is 4.98 Å². The Hall–Kier alpha value is -2.08. The lowest BCUT2D eigenvalue weighted by Gasteiger charge is -2.19. The Kier molecular flexibility index (Phi) is 3.47. The van der Waals surface area contributed by atoms with E-state index < -0.39 is 5.97 Å². The third-order valence-corrected chi connectivity index (χ3v) is 3.22. The third kappa shape index (κ3) is 2.60. The summed E-state index contributed by atoms with van der Waals surface area (Å²) in [6.45, 7) is 0.643. The fraction of sp³-hybridized carbons (Fsp3) is 0.167. The summed E-state index contributed by atoms with van der Waals surface area (Å²) < 4.78 is 0. The molecule has 6 heteroatoms. The zero-order chi connectivity index (χ0) is 13.1. The Balaban J connectivity index is 2.26. The third-order valence-electron chi connectivity index (χ3n) is 2.49. The second-order valence-electron chi connectivity index (χ2n) is 3.90. The van der Waals surface area contributed by atoms with Crippen LogP contribution in [-0.2, 0) is 6.54 Å². The van der Waals surface area contributed by atoms with E-state index in [1.165, 1.54) is 6.07 Å². The monoisotopic (exact) mass is 263 g/mol. The average Bonchev–Trinajstić information content (AvgIpc) is 2.81. The van der Waals surface area contributed by atoms with E-state index in [4.69, 9.17) is 10.8 Å². The summed E-state index contributed by atoms with van der Waals surface area (Å²) in [6, 6.07) is 4.98. The van der Waals surface area contributed by atoms with Crippen LogP contribution in [0.15, 0.2) is 29.0 Å².